The van der Waals surface area contributed by atoms with Crippen LogP contribution in [0.1, 0.15) is 24.8 Å². The van der Waals surface area contributed by atoms with Gasteiger partial charge in [-0.25, -0.2) is 0 Å². The summed E-state index contributed by atoms with van der Waals surface area (Å²) in [6.45, 7) is 4.95. The average molecular weight is 313 g/mol. The molecule has 0 radical (unpaired) electrons. The van der Waals surface area contributed by atoms with Crippen molar-refractivity contribution in [2.45, 2.75) is 25.8 Å². The Morgan fingerprint density at radius 1 is 1.19 bits per heavy atom. The minimum absolute atomic E-state index is 0. The second-order valence-electron chi connectivity index (χ2n) is 5.80. The van der Waals surface area contributed by atoms with Gasteiger partial charge in [-0.3, -0.25) is 4.90 Å². The van der Waals surface area contributed by atoms with Gasteiger partial charge in [0.25, 0.3) is 0 Å². The van der Waals surface area contributed by atoms with Crippen LogP contribution in [0.25, 0.3) is 0 Å². The van der Waals surface area contributed by atoms with E-state index in [0.29, 0.717) is 6.79 Å². The van der Waals surface area contributed by atoms with Crippen molar-refractivity contribution in [3.05, 3.63) is 23.8 Å². The monoisotopic (exact) mass is 312 g/mol. The number of halogens is 1. The standard InChI is InChI=1S/C16H24N2O2.ClH/c1-17-7-4-13-5-8-18(9-6-13)11-14-2-3-15-16(10-14)20-12-19-15;/h2-3,10,13,17H,4-9,11-12H2,1H3;1H. The molecule has 0 atom stereocenters. The third kappa shape index (κ3) is 4.25. The molecule has 1 aromatic carbocycles. The summed E-state index contributed by atoms with van der Waals surface area (Å²) < 4.78 is 10.8. The summed E-state index contributed by atoms with van der Waals surface area (Å²) in [4.78, 5) is 2.55. The fraction of sp³-hybridized carbons (Fsp3) is 0.625. The molecular formula is C16H25ClN2O2. The summed E-state index contributed by atoms with van der Waals surface area (Å²) in [5.74, 6) is 2.67. The first kappa shape index (κ1) is 16.4. The fourth-order valence-electron chi connectivity index (χ4n) is 3.08. The summed E-state index contributed by atoms with van der Waals surface area (Å²) in [5.41, 5.74) is 1.32. The average Bonchev–Trinajstić information content (AvgIpc) is 2.94. The molecule has 1 fully saturated rings. The van der Waals surface area contributed by atoms with Crippen molar-refractivity contribution in [1.82, 2.24) is 10.2 Å². The molecule has 1 saturated heterocycles. The van der Waals surface area contributed by atoms with Crippen LogP contribution in [-0.4, -0.2) is 38.4 Å². The summed E-state index contributed by atoms with van der Waals surface area (Å²) in [6, 6.07) is 6.30. The minimum Gasteiger partial charge on any atom is -0.454 e. The molecule has 0 spiro atoms. The van der Waals surface area contributed by atoms with E-state index in [4.69, 9.17) is 9.47 Å². The van der Waals surface area contributed by atoms with E-state index >= 15 is 0 Å². The molecule has 0 bridgehead atoms. The maximum Gasteiger partial charge on any atom is 0.231 e. The molecule has 0 aliphatic carbocycles. The van der Waals surface area contributed by atoms with Gasteiger partial charge < -0.3 is 14.8 Å². The molecule has 1 aromatic rings. The maximum absolute atomic E-state index is 5.44. The highest BCUT2D eigenvalue weighted by Crippen LogP contribution is 2.33. The molecule has 118 valence electrons. The van der Waals surface area contributed by atoms with Crippen molar-refractivity contribution in [3.63, 3.8) is 0 Å². The van der Waals surface area contributed by atoms with Gasteiger partial charge in [-0.2, -0.15) is 0 Å². The number of nitrogens with zero attached hydrogens (tertiary/aromatic N) is 1. The van der Waals surface area contributed by atoms with Gasteiger partial charge in [0.2, 0.25) is 6.79 Å². The van der Waals surface area contributed by atoms with Crippen LogP contribution in [0.2, 0.25) is 0 Å². The highest BCUT2D eigenvalue weighted by Gasteiger charge is 2.20. The molecule has 0 unspecified atom stereocenters. The molecule has 0 saturated carbocycles. The van der Waals surface area contributed by atoms with Gasteiger partial charge >= 0.3 is 0 Å². The molecule has 0 amide bonds. The van der Waals surface area contributed by atoms with E-state index in [1.807, 2.05) is 13.1 Å². The zero-order chi connectivity index (χ0) is 13.8. The number of nitrogens with one attached hydrogen (secondary N) is 1. The summed E-state index contributed by atoms with van der Waals surface area (Å²) in [7, 11) is 2.04. The molecular weight excluding hydrogens is 288 g/mol. The van der Waals surface area contributed by atoms with E-state index in [0.717, 1.165) is 30.5 Å². The lowest BCUT2D eigenvalue weighted by Crippen LogP contribution is -2.34. The van der Waals surface area contributed by atoms with Gasteiger partial charge in [0.15, 0.2) is 11.5 Å². The van der Waals surface area contributed by atoms with Crippen LogP contribution in [0.5, 0.6) is 11.5 Å². The van der Waals surface area contributed by atoms with Crippen LogP contribution in [0, 0.1) is 5.92 Å². The molecule has 2 heterocycles. The van der Waals surface area contributed by atoms with Crippen molar-refractivity contribution in [2.24, 2.45) is 5.92 Å². The Balaban J connectivity index is 0.00000161. The van der Waals surface area contributed by atoms with Crippen molar-refractivity contribution in [3.8, 4) is 11.5 Å². The number of ether oxygens (including phenoxy) is 2. The van der Waals surface area contributed by atoms with E-state index in [-0.39, 0.29) is 12.4 Å². The van der Waals surface area contributed by atoms with E-state index in [1.165, 1.54) is 37.9 Å². The number of likely N-dealkylation sites (tertiary alicyclic amines) is 1. The van der Waals surface area contributed by atoms with E-state index < -0.39 is 0 Å². The predicted molar refractivity (Wildman–Crippen MR) is 86.4 cm³/mol. The van der Waals surface area contributed by atoms with E-state index in [1.54, 1.807) is 0 Å². The number of fused-ring (bicyclic) bond motifs is 1. The molecule has 0 aromatic heterocycles. The van der Waals surface area contributed by atoms with Crippen molar-refractivity contribution >= 4 is 12.4 Å². The van der Waals surface area contributed by atoms with Gasteiger partial charge in [-0.05, 0) is 69.6 Å². The Kier molecular flexibility index (Phi) is 6.15. The van der Waals surface area contributed by atoms with Crippen LogP contribution in [-0.2, 0) is 6.54 Å². The van der Waals surface area contributed by atoms with Crippen LogP contribution in [0.4, 0.5) is 0 Å². The lowest BCUT2D eigenvalue weighted by Gasteiger charge is -2.32. The fourth-order valence-corrected chi connectivity index (χ4v) is 3.08. The van der Waals surface area contributed by atoms with Gasteiger partial charge in [-0.15, -0.1) is 12.4 Å². The van der Waals surface area contributed by atoms with Gasteiger partial charge in [0.1, 0.15) is 0 Å². The smallest absolute Gasteiger partial charge is 0.231 e. The van der Waals surface area contributed by atoms with E-state index in [9.17, 15) is 0 Å². The molecule has 5 heteroatoms. The van der Waals surface area contributed by atoms with Crippen LogP contribution in [0.3, 0.4) is 0 Å². The first-order chi connectivity index (χ1) is 9.85. The van der Waals surface area contributed by atoms with Gasteiger partial charge in [-0.1, -0.05) is 6.07 Å². The zero-order valence-corrected chi connectivity index (χ0v) is 13.5. The van der Waals surface area contributed by atoms with Crippen LogP contribution in [0.15, 0.2) is 18.2 Å². The van der Waals surface area contributed by atoms with Crippen molar-refractivity contribution in [2.75, 3.05) is 33.5 Å². The Bertz CT molecular complexity index is 448. The largest absolute Gasteiger partial charge is 0.454 e. The first-order valence-corrected chi connectivity index (χ1v) is 7.60. The number of hydrogen-bond donors (Lipinski definition) is 1. The van der Waals surface area contributed by atoms with E-state index in [2.05, 4.69) is 22.3 Å². The topological polar surface area (TPSA) is 33.7 Å². The van der Waals surface area contributed by atoms with Gasteiger partial charge in [0, 0.05) is 6.54 Å². The third-order valence-corrected chi connectivity index (χ3v) is 4.35. The summed E-state index contributed by atoms with van der Waals surface area (Å²) >= 11 is 0. The molecule has 2 aliphatic heterocycles. The Morgan fingerprint density at radius 3 is 2.71 bits per heavy atom. The molecule has 3 rings (SSSR count). The second kappa shape index (κ2) is 7.87. The number of rotatable bonds is 5. The molecule has 21 heavy (non-hydrogen) atoms. The molecule has 2 aliphatic rings. The first-order valence-electron chi connectivity index (χ1n) is 7.60. The Morgan fingerprint density at radius 2 is 1.95 bits per heavy atom. The lowest BCUT2D eigenvalue weighted by molar-refractivity contribution is 0.171. The number of hydrogen-bond acceptors (Lipinski definition) is 4. The van der Waals surface area contributed by atoms with Gasteiger partial charge in [0.05, 0.1) is 0 Å². The SMILES string of the molecule is CNCCC1CCN(Cc2ccc3c(c2)OCO3)CC1.Cl. The van der Waals surface area contributed by atoms with Crippen LogP contribution >= 0.6 is 12.4 Å². The summed E-state index contributed by atoms with van der Waals surface area (Å²) in [5, 5.41) is 3.25. The zero-order valence-electron chi connectivity index (χ0n) is 12.6. The Hall–Kier alpha value is -0.970. The molecule has 4 nitrogen and oxygen atoms in total. The minimum atomic E-state index is 0. The normalized spacial score (nSPS) is 18.5. The number of piperidine rings is 1. The van der Waals surface area contributed by atoms with Crippen molar-refractivity contribution < 1.29 is 9.47 Å². The lowest BCUT2D eigenvalue weighted by atomic mass is 9.93. The summed E-state index contributed by atoms with van der Waals surface area (Å²) in [6.07, 6.45) is 3.97. The maximum atomic E-state index is 5.44. The number of benzene rings is 1. The highest BCUT2D eigenvalue weighted by atomic mass is 35.5. The Labute approximate surface area is 133 Å². The third-order valence-electron chi connectivity index (χ3n) is 4.35. The predicted octanol–water partition coefficient (Wildman–Crippen LogP) is 2.66. The second-order valence-corrected chi connectivity index (χ2v) is 5.80. The quantitative estimate of drug-likeness (QED) is 0.906. The highest BCUT2D eigenvalue weighted by molar-refractivity contribution is 5.85. The van der Waals surface area contributed by atoms with Crippen molar-refractivity contribution in [1.29, 1.82) is 0 Å². The molecule has 1 N–H and O–H groups in total. The van der Waals surface area contributed by atoms with Crippen LogP contribution < -0.4 is 14.8 Å².